The van der Waals surface area contributed by atoms with Crippen molar-refractivity contribution in [1.82, 2.24) is 5.32 Å². The molecule has 9 heteroatoms. The van der Waals surface area contributed by atoms with Crippen molar-refractivity contribution in [2.75, 3.05) is 6.54 Å². The maximum atomic E-state index is 12.3. The van der Waals surface area contributed by atoms with E-state index >= 15 is 0 Å². The molecule has 3 heterocycles. The molecule has 1 aromatic carbocycles. The van der Waals surface area contributed by atoms with Gasteiger partial charge < -0.3 is 24.8 Å². The van der Waals surface area contributed by atoms with E-state index in [9.17, 15) is 14.4 Å². The number of benzene rings is 1. The van der Waals surface area contributed by atoms with Gasteiger partial charge in [0.1, 0.15) is 11.5 Å². The number of rotatable bonds is 4. The van der Waals surface area contributed by atoms with Gasteiger partial charge in [0.2, 0.25) is 0 Å². The Morgan fingerprint density at radius 3 is 2.64 bits per heavy atom. The average Bonchev–Trinajstić information content (AvgIpc) is 3.24. The molecule has 3 saturated heterocycles. The van der Waals surface area contributed by atoms with Crippen molar-refractivity contribution in [3.8, 4) is 0 Å². The molecule has 4 rings (SSSR count). The van der Waals surface area contributed by atoms with Gasteiger partial charge in [-0.2, -0.15) is 0 Å². The van der Waals surface area contributed by atoms with Gasteiger partial charge >= 0.3 is 19.1 Å². The summed E-state index contributed by atoms with van der Waals surface area (Å²) in [5, 5.41) is 20.9. The number of nitrogens with one attached hydrogen (secondary N) is 1. The minimum atomic E-state index is -1.60. The van der Waals surface area contributed by atoms with Crippen LogP contribution in [0.1, 0.15) is 23.2 Å². The van der Waals surface area contributed by atoms with Crippen LogP contribution in [0.3, 0.4) is 0 Å². The second kappa shape index (κ2) is 5.65. The van der Waals surface area contributed by atoms with Gasteiger partial charge in [-0.05, 0) is 30.4 Å². The first-order valence-electron chi connectivity index (χ1n) is 8.09. The van der Waals surface area contributed by atoms with Crippen LogP contribution in [0.15, 0.2) is 24.3 Å². The fourth-order valence-corrected chi connectivity index (χ4v) is 4.09. The van der Waals surface area contributed by atoms with E-state index in [1.54, 1.807) is 0 Å². The van der Waals surface area contributed by atoms with E-state index in [-0.39, 0.29) is 24.0 Å². The van der Waals surface area contributed by atoms with E-state index in [2.05, 4.69) is 5.32 Å². The summed E-state index contributed by atoms with van der Waals surface area (Å²) in [5.74, 6) is -2.71. The summed E-state index contributed by atoms with van der Waals surface area (Å²) in [5.41, 5.74) is -0.270. The van der Waals surface area contributed by atoms with Gasteiger partial charge in [-0.25, -0.2) is 0 Å². The molecule has 3 aliphatic rings. The number of ether oxygens (including phenoxy) is 2. The number of carbonyl (C=O) groups excluding carboxylic acids is 3. The quantitative estimate of drug-likeness (QED) is 0.339. The molecular weight excluding hydrogens is 329 g/mol. The fourth-order valence-electron chi connectivity index (χ4n) is 4.09. The lowest BCUT2D eigenvalue weighted by Crippen LogP contribution is -2.49. The Morgan fingerprint density at radius 2 is 1.96 bits per heavy atom. The molecule has 1 aromatic rings. The van der Waals surface area contributed by atoms with Crippen LogP contribution in [0, 0.1) is 11.8 Å². The highest BCUT2D eigenvalue weighted by Gasteiger charge is 2.68. The molecule has 3 fully saturated rings. The molecule has 130 valence electrons. The van der Waals surface area contributed by atoms with Crippen molar-refractivity contribution < 1.29 is 33.9 Å². The predicted octanol–water partition coefficient (Wildman–Crippen LogP) is -1.66. The Balaban J connectivity index is 1.47. The van der Waals surface area contributed by atoms with Gasteiger partial charge in [0.15, 0.2) is 0 Å². The van der Waals surface area contributed by atoms with Crippen LogP contribution in [-0.4, -0.2) is 53.3 Å². The number of carbonyl (C=O) groups is 3. The van der Waals surface area contributed by atoms with E-state index in [4.69, 9.17) is 19.5 Å². The molecule has 25 heavy (non-hydrogen) atoms. The first-order valence-corrected chi connectivity index (χ1v) is 8.09. The fraction of sp³-hybridized carbons (Fsp3) is 0.438. The molecule has 1 amide bonds. The molecule has 0 spiro atoms. The highest BCUT2D eigenvalue weighted by molar-refractivity contribution is 6.58. The minimum absolute atomic E-state index is 0.107. The van der Waals surface area contributed by atoms with E-state index in [1.165, 1.54) is 24.3 Å². The van der Waals surface area contributed by atoms with Crippen LogP contribution in [0.4, 0.5) is 0 Å². The SMILES string of the molecule is O=C(NC[C@]12CC[C@H](O1)[C@@H]1C(=O)OC(=O)[C@@H]12)c1ccc(B(O)O)cc1. The zero-order chi connectivity index (χ0) is 17.8. The third kappa shape index (κ3) is 2.46. The van der Waals surface area contributed by atoms with Crippen LogP contribution in [0.2, 0.25) is 0 Å². The predicted molar refractivity (Wildman–Crippen MR) is 83.5 cm³/mol. The van der Waals surface area contributed by atoms with Crippen molar-refractivity contribution in [1.29, 1.82) is 0 Å². The Bertz CT molecular complexity index is 749. The van der Waals surface area contributed by atoms with Crippen molar-refractivity contribution in [2.45, 2.75) is 24.5 Å². The van der Waals surface area contributed by atoms with Gasteiger partial charge in [0, 0.05) is 12.1 Å². The normalized spacial score (nSPS) is 32.5. The molecule has 2 bridgehead atoms. The smallest absolute Gasteiger partial charge is 0.423 e. The molecule has 0 aliphatic carbocycles. The van der Waals surface area contributed by atoms with Gasteiger partial charge in [0.05, 0.1) is 12.0 Å². The van der Waals surface area contributed by atoms with E-state index < -0.39 is 36.5 Å². The molecule has 0 radical (unpaired) electrons. The maximum absolute atomic E-state index is 12.3. The highest BCUT2D eigenvalue weighted by Crippen LogP contribution is 2.54. The third-order valence-corrected chi connectivity index (χ3v) is 5.31. The van der Waals surface area contributed by atoms with Gasteiger partial charge in [0.25, 0.3) is 5.91 Å². The van der Waals surface area contributed by atoms with Crippen LogP contribution < -0.4 is 10.8 Å². The molecule has 8 nitrogen and oxygen atoms in total. The van der Waals surface area contributed by atoms with E-state index in [0.717, 1.165) is 0 Å². The summed E-state index contributed by atoms with van der Waals surface area (Å²) in [4.78, 5) is 36.1. The second-order valence-electron chi connectivity index (χ2n) is 6.68. The standard InChI is InChI=1S/C16H16BNO7/c19-13(8-1-3-9(4-2-8)17(22)23)18-7-16-6-5-10(25-16)11-12(16)15(21)24-14(11)20/h1-4,10-12,22-23H,5-7H2,(H,18,19)/t10-,11-,12+,16-/m0/s1. The van der Waals surface area contributed by atoms with Crippen molar-refractivity contribution in [3.05, 3.63) is 29.8 Å². The monoisotopic (exact) mass is 345 g/mol. The Morgan fingerprint density at radius 1 is 1.24 bits per heavy atom. The van der Waals surface area contributed by atoms with E-state index in [0.29, 0.717) is 18.4 Å². The van der Waals surface area contributed by atoms with Crippen molar-refractivity contribution in [2.24, 2.45) is 11.8 Å². The van der Waals surface area contributed by atoms with Crippen molar-refractivity contribution >= 4 is 30.4 Å². The average molecular weight is 345 g/mol. The van der Waals surface area contributed by atoms with E-state index in [1.807, 2.05) is 0 Å². The Kier molecular flexibility index (Phi) is 3.68. The molecule has 0 aromatic heterocycles. The third-order valence-electron chi connectivity index (χ3n) is 5.31. The van der Waals surface area contributed by atoms with Crippen LogP contribution in [0.5, 0.6) is 0 Å². The first-order chi connectivity index (χ1) is 11.9. The first kappa shape index (κ1) is 16.3. The molecule has 0 saturated carbocycles. The topological polar surface area (TPSA) is 122 Å². The largest absolute Gasteiger partial charge is 0.488 e. The number of hydrogen-bond donors (Lipinski definition) is 3. The van der Waals surface area contributed by atoms with Gasteiger partial charge in [-0.15, -0.1) is 0 Å². The number of amides is 1. The molecule has 0 unspecified atom stereocenters. The van der Waals surface area contributed by atoms with Gasteiger partial charge in [-0.3, -0.25) is 14.4 Å². The summed E-state index contributed by atoms with van der Waals surface area (Å²) >= 11 is 0. The Hall–Kier alpha value is -2.23. The number of fused-ring (bicyclic) bond motifs is 5. The van der Waals surface area contributed by atoms with Gasteiger partial charge in [-0.1, -0.05) is 12.1 Å². The summed E-state index contributed by atoms with van der Waals surface area (Å²) < 4.78 is 10.6. The lowest BCUT2D eigenvalue weighted by Gasteiger charge is -2.29. The molecule has 3 N–H and O–H groups in total. The number of esters is 2. The summed E-state index contributed by atoms with van der Waals surface area (Å²) in [7, 11) is -1.60. The lowest BCUT2D eigenvalue weighted by molar-refractivity contribution is -0.158. The maximum Gasteiger partial charge on any atom is 0.488 e. The van der Waals surface area contributed by atoms with Crippen LogP contribution >= 0.6 is 0 Å². The zero-order valence-corrected chi connectivity index (χ0v) is 13.2. The lowest BCUT2D eigenvalue weighted by atomic mass is 9.73. The minimum Gasteiger partial charge on any atom is -0.423 e. The highest BCUT2D eigenvalue weighted by atomic mass is 16.6. The van der Waals surface area contributed by atoms with Crippen LogP contribution in [0.25, 0.3) is 0 Å². The molecular formula is C16H16BNO7. The summed E-state index contributed by atoms with van der Waals surface area (Å²) in [6, 6.07) is 5.84. The van der Waals surface area contributed by atoms with Crippen LogP contribution in [-0.2, 0) is 19.1 Å². The number of cyclic esters (lactones) is 2. The number of hydrogen-bond acceptors (Lipinski definition) is 7. The Labute approximate surface area is 143 Å². The summed E-state index contributed by atoms with van der Waals surface area (Å²) in [6.45, 7) is 0.107. The van der Waals surface area contributed by atoms with Crippen molar-refractivity contribution in [3.63, 3.8) is 0 Å². The molecule has 3 aliphatic heterocycles. The summed E-state index contributed by atoms with van der Waals surface area (Å²) in [6.07, 6.45) is 0.908. The molecule has 4 atom stereocenters. The zero-order valence-electron chi connectivity index (χ0n) is 13.2. The second-order valence-corrected chi connectivity index (χ2v) is 6.68.